The SMILES string of the molecule is CC(CN)CCC(=O)Nc1ccccc1CC(N)=O. The van der Waals surface area contributed by atoms with Crippen LogP contribution in [0.1, 0.15) is 25.3 Å². The maximum Gasteiger partial charge on any atom is 0.224 e. The number of carbonyl (C=O) groups is 2. The smallest absolute Gasteiger partial charge is 0.224 e. The summed E-state index contributed by atoms with van der Waals surface area (Å²) in [6.45, 7) is 2.58. The molecule has 0 saturated heterocycles. The molecular weight excluding hydrogens is 242 g/mol. The monoisotopic (exact) mass is 263 g/mol. The maximum absolute atomic E-state index is 11.8. The van der Waals surface area contributed by atoms with Crippen molar-refractivity contribution >= 4 is 17.5 Å². The van der Waals surface area contributed by atoms with Crippen molar-refractivity contribution in [1.82, 2.24) is 0 Å². The summed E-state index contributed by atoms with van der Waals surface area (Å²) >= 11 is 0. The molecule has 0 radical (unpaired) electrons. The Morgan fingerprint density at radius 2 is 2.00 bits per heavy atom. The van der Waals surface area contributed by atoms with Crippen molar-refractivity contribution in [1.29, 1.82) is 0 Å². The average molecular weight is 263 g/mol. The van der Waals surface area contributed by atoms with Crippen molar-refractivity contribution in [3.05, 3.63) is 29.8 Å². The van der Waals surface area contributed by atoms with E-state index in [1.54, 1.807) is 12.1 Å². The number of rotatable bonds is 7. The second-order valence-corrected chi connectivity index (χ2v) is 4.73. The van der Waals surface area contributed by atoms with Crippen LogP contribution in [0.3, 0.4) is 0 Å². The topological polar surface area (TPSA) is 98.2 Å². The van der Waals surface area contributed by atoms with E-state index in [9.17, 15) is 9.59 Å². The minimum absolute atomic E-state index is 0.0720. The van der Waals surface area contributed by atoms with Gasteiger partial charge < -0.3 is 16.8 Å². The first-order valence-electron chi connectivity index (χ1n) is 6.39. The Balaban J connectivity index is 2.61. The van der Waals surface area contributed by atoms with Gasteiger partial charge in [0.2, 0.25) is 11.8 Å². The van der Waals surface area contributed by atoms with Crippen LogP contribution in [-0.4, -0.2) is 18.4 Å². The van der Waals surface area contributed by atoms with Gasteiger partial charge in [-0.2, -0.15) is 0 Å². The Hall–Kier alpha value is -1.88. The van der Waals surface area contributed by atoms with Crippen molar-refractivity contribution in [3.8, 4) is 0 Å². The normalized spacial score (nSPS) is 11.9. The van der Waals surface area contributed by atoms with Gasteiger partial charge in [0.15, 0.2) is 0 Å². The van der Waals surface area contributed by atoms with E-state index in [1.165, 1.54) is 0 Å². The molecule has 0 heterocycles. The summed E-state index contributed by atoms with van der Waals surface area (Å²) in [5.74, 6) is -0.165. The van der Waals surface area contributed by atoms with Crippen molar-refractivity contribution in [2.75, 3.05) is 11.9 Å². The summed E-state index contributed by atoms with van der Waals surface area (Å²) in [5.41, 5.74) is 12.1. The van der Waals surface area contributed by atoms with Gasteiger partial charge in [-0.15, -0.1) is 0 Å². The molecule has 1 unspecified atom stereocenters. The van der Waals surface area contributed by atoms with Crippen LogP contribution in [0.2, 0.25) is 0 Å². The largest absolute Gasteiger partial charge is 0.369 e. The van der Waals surface area contributed by atoms with E-state index >= 15 is 0 Å². The Kier molecular flexibility index (Phi) is 6.02. The van der Waals surface area contributed by atoms with E-state index in [2.05, 4.69) is 5.32 Å². The molecule has 2 amide bonds. The van der Waals surface area contributed by atoms with Gasteiger partial charge in [0.25, 0.3) is 0 Å². The highest BCUT2D eigenvalue weighted by molar-refractivity contribution is 5.92. The second-order valence-electron chi connectivity index (χ2n) is 4.73. The van der Waals surface area contributed by atoms with Crippen LogP contribution in [-0.2, 0) is 16.0 Å². The number of anilines is 1. The minimum atomic E-state index is -0.418. The number of hydrogen-bond acceptors (Lipinski definition) is 3. The Morgan fingerprint density at radius 3 is 2.63 bits per heavy atom. The number of nitrogens with two attached hydrogens (primary N) is 2. The number of amides is 2. The summed E-state index contributed by atoms with van der Waals surface area (Å²) in [4.78, 5) is 22.8. The molecule has 1 aromatic rings. The Morgan fingerprint density at radius 1 is 1.32 bits per heavy atom. The lowest BCUT2D eigenvalue weighted by Crippen LogP contribution is -2.19. The zero-order chi connectivity index (χ0) is 14.3. The number of carbonyl (C=O) groups excluding carboxylic acids is 2. The molecular formula is C14H21N3O2. The van der Waals surface area contributed by atoms with Crippen LogP contribution >= 0.6 is 0 Å². The van der Waals surface area contributed by atoms with Gasteiger partial charge in [0.05, 0.1) is 6.42 Å². The number of para-hydroxylation sites is 1. The predicted octanol–water partition coefficient (Wildman–Crippen LogP) is 1.03. The molecule has 0 aliphatic rings. The molecule has 1 aromatic carbocycles. The highest BCUT2D eigenvalue weighted by Crippen LogP contribution is 2.16. The second kappa shape index (κ2) is 7.53. The van der Waals surface area contributed by atoms with Crippen LogP contribution in [0.4, 0.5) is 5.69 Å². The molecule has 19 heavy (non-hydrogen) atoms. The van der Waals surface area contributed by atoms with Crippen molar-refractivity contribution in [2.45, 2.75) is 26.2 Å². The summed E-state index contributed by atoms with van der Waals surface area (Å²) < 4.78 is 0. The van der Waals surface area contributed by atoms with Gasteiger partial charge in [0.1, 0.15) is 0 Å². The molecule has 0 spiro atoms. The molecule has 0 aliphatic heterocycles. The van der Waals surface area contributed by atoms with Crippen molar-refractivity contribution in [2.24, 2.45) is 17.4 Å². The molecule has 5 N–H and O–H groups in total. The lowest BCUT2D eigenvalue weighted by Gasteiger charge is -2.11. The van der Waals surface area contributed by atoms with E-state index in [0.717, 1.165) is 12.0 Å². The number of nitrogens with one attached hydrogen (secondary N) is 1. The van der Waals surface area contributed by atoms with Gasteiger partial charge >= 0.3 is 0 Å². The third-order valence-corrected chi connectivity index (χ3v) is 2.92. The number of primary amides is 1. The van der Waals surface area contributed by atoms with Gasteiger partial charge in [-0.3, -0.25) is 9.59 Å². The van der Waals surface area contributed by atoms with Crippen LogP contribution < -0.4 is 16.8 Å². The summed E-state index contributed by atoms with van der Waals surface area (Å²) in [6.07, 6.45) is 1.29. The van der Waals surface area contributed by atoms with Crippen LogP contribution in [0.15, 0.2) is 24.3 Å². The lowest BCUT2D eigenvalue weighted by atomic mass is 10.1. The molecule has 1 rings (SSSR count). The standard InChI is InChI=1S/C14H21N3O2/c1-10(9-15)6-7-14(19)17-12-5-3-2-4-11(12)8-13(16)18/h2-5,10H,6-9,15H2,1H3,(H2,16,18)(H,17,19). The quantitative estimate of drug-likeness (QED) is 0.685. The van der Waals surface area contributed by atoms with E-state index in [1.807, 2.05) is 19.1 Å². The Bertz CT molecular complexity index is 446. The molecule has 0 bridgehead atoms. The third kappa shape index (κ3) is 5.52. The summed E-state index contributed by atoms with van der Waals surface area (Å²) in [6, 6.07) is 7.17. The number of benzene rings is 1. The fourth-order valence-corrected chi connectivity index (χ4v) is 1.69. The van der Waals surface area contributed by atoms with Gasteiger partial charge in [0, 0.05) is 12.1 Å². The van der Waals surface area contributed by atoms with E-state index in [-0.39, 0.29) is 12.3 Å². The van der Waals surface area contributed by atoms with Crippen LogP contribution in [0.5, 0.6) is 0 Å². The highest BCUT2D eigenvalue weighted by atomic mass is 16.2. The highest BCUT2D eigenvalue weighted by Gasteiger charge is 2.09. The zero-order valence-corrected chi connectivity index (χ0v) is 11.2. The van der Waals surface area contributed by atoms with Crippen molar-refractivity contribution in [3.63, 3.8) is 0 Å². The van der Waals surface area contributed by atoms with E-state index < -0.39 is 5.91 Å². The lowest BCUT2D eigenvalue weighted by molar-refractivity contribution is -0.118. The van der Waals surface area contributed by atoms with E-state index in [0.29, 0.717) is 24.6 Å². The summed E-state index contributed by atoms with van der Waals surface area (Å²) in [5, 5.41) is 2.81. The minimum Gasteiger partial charge on any atom is -0.369 e. The third-order valence-electron chi connectivity index (χ3n) is 2.92. The first-order chi connectivity index (χ1) is 9.02. The van der Waals surface area contributed by atoms with E-state index in [4.69, 9.17) is 11.5 Å². The fraction of sp³-hybridized carbons (Fsp3) is 0.429. The first kappa shape index (κ1) is 15.2. The van der Waals surface area contributed by atoms with Gasteiger partial charge in [-0.1, -0.05) is 25.1 Å². The summed E-state index contributed by atoms with van der Waals surface area (Å²) in [7, 11) is 0. The average Bonchev–Trinajstić information content (AvgIpc) is 2.37. The molecule has 0 aliphatic carbocycles. The first-order valence-corrected chi connectivity index (χ1v) is 6.39. The predicted molar refractivity (Wildman–Crippen MR) is 75.4 cm³/mol. The molecule has 1 atom stereocenters. The molecule has 5 heteroatoms. The van der Waals surface area contributed by atoms with Gasteiger partial charge in [-0.25, -0.2) is 0 Å². The zero-order valence-electron chi connectivity index (χ0n) is 11.2. The fourth-order valence-electron chi connectivity index (χ4n) is 1.69. The van der Waals surface area contributed by atoms with Crippen LogP contribution in [0.25, 0.3) is 0 Å². The molecule has 0 fully saturated rings. The molecule has 0 saturated carbocycles. The maximum atomic E-state index is 11.8. The van der Waals surface area contributed by atoms with Crippen molar-refractivity contribution < 1.29 is 9.59 Å². The molecule has 0 aromatic heterocycles. The molecule has 5 nitrogen and oxygen atoms in total. The number of hydrogen-bond donors (Lipinski definition) is 3. The Labute approximate surface area is 113 Å². The molecule has 104 valence electrons. The van der Waals surface area contributed by atoms with Crippen LogP contribution in [0, 0.1) is 5.92 Å². The van der Waals surface area contributed by atoms with Gasteiger partial charge in [-0.05, 0) is 30.5 Å².